The van der Waals surface area contributed by atoms with Crippen LogP contribution in [-0.2, 0) is 10.0 Å². The molecule has 6 heteroatoms. The highest BCUT2D eigenvalue weighted by Gasteiger charge is 2.27. The van der Waals surface area contributed by atoms with Gasteiger partial charge in [0, 0.05) is 25.8 Å². The van der Waals surface area contributed by atoms with Gasteiger partial charge in [-0.1, -0.05) is 0 Å². The summed E-state index contributed by atoms with van der Waals surface area (Å²) in [4.78, 5) is 4.25. The van der Waals surface area contributed by atoms with Crippen molar-refractivity contribution in [2.75, 3.05) is 25.0 Å². The highest BCUT2D eigenvalue weighted by molar-refractivity contribution is 7.89. The van der Waals surface area contributed by atoms with Crippen LogP contribution in [0.2, 0.25) is 0 Å². The Morgan fingerprint density at radius 2 is 2.06 bits per heavy atom. The second-order valence-corrected chi connectivity index (χ2v) is 5.99. The van der Waals surface area contributed by atoms with Gasteiger partial charge in [0.1, 0.15) is 4.90 Å². The largest absolute Gasteiger partial charge is 0.384 e. The van der Waals surface area contributed by atoms with E-state index in [0.717, 1.165) is 25.1 Å². The van der Waals surface area contributed by atoms with Crippen molar-refractivity contribution in [3.8, 4) is 0 Å². The molecule has 94 valence electrons. The number of aromatic nitrogens is 1. The quantitative estimate of drug-likeness (QED) is 0.881. The summed E-state index contributed by atoms with van der Waals surface area (Å²) < 4.78 is 26.0. The van der Waals surface area contributed by atoms with Crippen LogP contribution in [0.25, 0.3) is 0 Å². The highest BCUT2D eigenvalue weighted by Crippen LogP contribution is 2.21. The molecule has 0 saturated carbocycles. The van der Waals surface area contributed by atoms with Gasteiger partial charge in [-0.3, -0.25) is 4.98 Å². The van der Waals surface area contributed by atoms with Crippen molar-refractivity contribution in [3.05, 3.63) is 18.5 Å². The van der Waals surface area contributed by atoms with Crippen molar-refractivity contribution in [3.63, 3.8) is 0 Å². The van der Waals surface area contributed by atoms with Crippen LogP contribution in [0.15, 0.2) is 23.4 Å². The SMILES string of the molecule is CCNc1cncc(S(=O)(=O)N2CCCC2)c1. The van der Waals surface area contributed by atoms with E-state index in [-0.39, 0.29) is 4.90 Å². The van der Waals surface area contributed by atoms with Crippen LogP contribution in [0.1, 0.15) is 19.8 Å². The molecule has 0 atom stereocenters. The average Bonchev–Trinajstić information content (AvgIpc) is 2.84. The lowest BCUT2D eigenvalue weighted by atomic mass is 10.4. The maximum absolute atomic E-state index is 12.2. The second kappa shape index (κ2) is 5.01. The van der Waals surface area contributed by atoms with Crippen LogP contribution in [-0.4, -0.2) is 37.3 Å². The third-order valence-electron chi connectivity index (χ3n) is 2.80. The van der Waals surface area contributed by atoms with Crippen LogP contribution in [0.3, 0.4) is 0 Å². The molecular weight excluding hydrogens is 238 g/mol. The Labute approximate surface area is 102 Å². The van der Waals surface area contributed by atoms with E-state index >= 15 is 0 Å². The van der Waals surface area contributed by atoms with E-state index in [9.17, 15) is 8.42 Å². The fraction of sp³-hybridized carbons (Fsp3) is 0.545. The molecule has 1 aromatic heterocycles. The van der Waals surface area contributed by atoms with Gasteiger partial charge in [-0.25, -0.2) is 8.42 Å². The van der Waals surface area contributed by atoms with Crippen molar-refractivity contribution in [2.24, 2.45) is 0 Å². The van der Waals surface area contributed by atoms with Gasteiger partial charge < -0.3 is 5.32 Å². The van der Waals surface area contributed by atoms with Crippen LogP contribution >= 0.6 is 0 Å². The first kappa shape index (κ1) is 12.3. The number of rotatable bonds is 4. The van der Waals surface area contributed by atoms with E-state index in [2.05, 4.69) is 10.3 Å². The number of hydrogen-bond acceptors (Lipinski definition) is 4. The molecule has 0 aromatic carbocycles. The summed E-state index contributed by atoms with van der Waals surface area (Å²) in [5, 5.41) is 3.07. The van der Waals surface area contributed by atoms with Gasteiger partial charge in [0.15, 0.2) is 0 Å². The minimum atomic E-state index is -3.35. The zero-order chi connectivity index (χ0) is 12.3. The fourth-order valence-corrected chi connectivity index (χ4v) is 3.45. The lowest BCUT2D eigenvalue weighted by Crippen LogP contribution is -2.28. The Bertz CT molecular complexity index is 481. The maximum Gasteiger partial charge on any atom is 0.244 e. The minimum Gasteiger partial charge on any atom is -0.384 e. The number of pyridine rings is 1. The Balaban J connectivity index is 2.29. The first-order valence-corrected chi connectivity index (χ1v) is 7.27. The van der Waals surface area contributed by atoms with Gasteiger partial charge in [0.2, 0.25) is 10.0 Å². The molecule has 1 aliphatic heterocycles. The molecule has 0 bridgehead atoms. The Morgan fingerprint density at radius 3 is 2.71 bits per heavy atom. The van der Waals surface area contributed by atoms with Crippen LogP contribution in [0.4, 0.5) is 5.69 Å². The van der Waals surface area contributed by atoms with Crippen LogP contribution in [0, 0.1) is 0 Å². The fourth-order valence-electron chi connectivity index (χ4n) is 1.94. The average molecular weight is 255 g/mol. The summed E-state index contributed by atoms with van der Waals surface area (Å²) in [6.07, 6.45) is 4.93. The number of anilines is 1. The molecule has 5 nitrogen and oxygen atoms in total. The molecule has 1 aliphatic rings. The van der Waals surface area contributed by atoms with Crippen molar-refractivity contribution >= 4 is 15.7 Å². The lowest BCUT2D eigenvalue weighted by molar-refractivity contribution is 0.477. The molecule has 1 fully saturated rings. The number of hydrogen-bond donors (Lipinski definition) is 1. The molecule has 17 heavy (non-hydrogen) atoms. The second-order valence-electron chi connectivity index (χ2n) is 4.05. The van der Waals surface area contributed by atoms with Crippen molar-refractivity contribution in [1.29, 1.82) is 0 Å². The minimum absolute atomic E-state index is 0.276. The Hall–Kier alpha value is -1.14. The van der Waals surface area contributed by atoms with Crippen molar-refractivity contribution in [2.45, 2.75) is 24.7 Å². The van der Waals surface area contributed by atoms with Gasteiger partial charge in [-0.15, -0.1) is 0 Å². The highest BCUT2D eigenvalue weighted by atomic mass is 32.2. The Morgan fingerprint density at radius 1 is 1.35 bits per heavy atom. The first-order valence-electron chi connectivity index (χ1n) is 5.83. The van der Waals surface area contributed by atoms with E-state index < -0.39 is 10.0 Å². The summed E-state index contributed by atoms with van der Waals surface area (Å²) in [6, 6.07) is 1.64. The predicted octanol–water partition coefficient (Wildman–Crippen LogP) is 1.30. The molecular formula is C11H17N3O2S. The normalized spacial score (nSPS) is 17.2. The van der Waals surface area contributed by atoms with Crippen molar-refractivity contribution in [1.82, 2.24) is 9.29 Å². The Kier molecular flexibility index (Phi) is 3.63. The van der Waals surface area contributed by atoms with Gasteiger partial charge in [-0.05, 0) is 25.8 Å². The zero-order valence-corrected chi connectivity index (χ0v) is 10.7. The zero-order valence-electron chi connectivity index (χ0n) is 9.89. The molecule has 0 aliphatic carbocycles. The number of sulfonamides is 1. The summed E-state index contributed by atoms with van der Waals surface area (Å²) in [5.41, 5.74) is 0.743. The lowest BCUT2D eigenvalue weighted by Gasteiger charge is -2.15. The molecule has 1 N–H and O–H groups in total. The molecule has 0 amide bonds. The van der Waals surface area contributed by atoms with Crippen LogP contribution < -0.4 is 5.32 Å². The third kappa shape index (κ3) is 2.58. The summed E-state index contributed by atoms with van der Waals surface area (Å²) in [5.74, 6) is 0. The molecule has 0 radical (unpaired) electrons. The number of nitrogens with zero attached hydrogens (tertiary/aromatic N) is 2. The molecule has 1 aromatic rings. The third-order valence-corrected chi connectivity index (χ3v) is 4.66. The van der Waals surface area contributed by atoms with Crippen molar-refractivity contribution < 1.29 is 8.42 Å². The van der Waals surface area contributed by atoms with Gasteiger partial charge in [0.25, 0.3) is 0 Å². The summed E-state index contributed by atoms with van der Waals surface area (Å²) in [6.45, 7) is 3.94. The molecule has 1 saturated heterocycles. The molecule has 0 unspecified atom stereocenters. The summed E-state index contributed by atoms with van der Waals surface area (Å²) in [7, 11) is -3.35. The molecule has 0 spiro atoms. The maximum atomic E-state index is 12.2. The standard InChI is InChI=1S/C11H17N3O2S/c1-2-13-10-7-11(9-12-8-10)17(15,16)14-5-3-4-6-14/h7-9,13H,2-6H2,1H3. The van der Waals surface area contributed by atoms with Crippen LogP contribution in [0.5, 0.6) is 0 Å². The molecule has 2 rings (SSSR count). The topological polar surface area (TPSA) is 62.3 Å². The van der Waals surface area contributed by atoms with E-state index in [1.54, 1.807) is 12.3 Å². The van der Waals surface area contributed by atoms with Gasteiger partial charge in [-0.2, -0.15) is 4.31 Å². The number of nitrogens with one attached hydrogen (secondary N) is 1. The van der Waals surface area contributed by atoms with E-state index in [1.807, 2.05) is 6.92 Å². The first-order chi connectivity index (χ1) is 8.14. The van der Waals surface area contributed by atoms with Gasteiger partial charge >= 0.3 is 0 Å². The van der Waals surface area contributed by atoms with E-state index in [4.69, 9.17) is 0 Å². The predicted molar refractivity (Wildman–Crippen MR) is 66.4 cm³/mol. The molecule has 2 heterocycles. The smallest absolute Gasteiger partial charge is 0.244 e. The summed E-state index contributed by atoms with van der Waals surface area (Å²) >= 11 is 0. The monoisotopic (exact) mass is 255 g/mol. The van der Waals surface area contributed by atoms with E-state index in [0.29, 0.717) is 13.1 Å². The van der Waals surface area contributed by atoms with Gasteiger partial charge in [0.05, 0.1) is 11.9 Å². The van der Waals surface area contributed by atoms with E-state index in [1.165, 1.54) is 10.5 Å².